The Labute approximate surface area is 47.3 Å². The summed E-state index contributed by atoms with van der Waals surface area (Å²) >= 11 is 0. The van der Waals surface area contributed by atoms with Crippen LogP contribution >= 0.6 is 0 Å². The summed E-state index contributed by atoms with van der Waals surface area (Å²) in [5.41, 5.74) is 2.13. The van der Waals surface area contributed by atoms with E-state index in [-0.39, 0.29) is 0 Å². The topological polar surface area (TPSA) is 0 Å². The lowest BCUT2D eigenvalue weighted by molar-refractivity contribution is 1.38. The first-order chi connectivity index (χ1) is 3.12. The van der Waals surface area contributed by atoms with Gasteiger partial charge in [0.25, 0.3) is 0 Å². The second kappa shape index (κ2) is 2.31. The smallest absolute Gasteiger partial charge is 0.0707 e. The van der Waals surface area contributed by atoms with Gasteiger partial charge in [-0.25, -0.2) is 0 Å². The normalized spacial score (nSPS) is 11.3. The fourth-order valence-corrected chi connectivity index (χ4v) is 0.433. The highest BCUT2D eigenvalue weighted by atomic mass is 28.3. The summed E-state index contributed by atoms with van der Waals surface area (Å²) in [4.78, 5) is 0. The fourth-order valence-electron chi connectivity index (χ4n) is 0.144. The third kappa shape index (κ3) is 2.63. The van der Waals surface area contributed by atoms with Gasteiger partial charge < -0.3 is 0 Å². The fraction of sp³-hybridized carbons (Fsp3) is 0.667. The highest BCUT2D eigenvalue weighted by Crippen LogP contribution is 2.07. The van der Waals surface area contributed by atoms with E-state index in [2.05, 4.69) is 32.3 Å². The Morgan fingerprint density at radius 1 is 1.57 bits per heavy atom. The Bertz CT molecular complexity index is 64.6. The van der Waals surface area contributed by atoms with Crippen molar-refractivity contribution in [1.29, 1.82) is 0 Å². The van der Waals surface area contributed by atoms with Crippen molar-refractivity contribution in [1.82, 2.24) is 0 Å². The van der Waals surface area contributed by atoms with E-state index in [1.54, 1.807) is 0 Å². The van der Waals surface area contributed by atoms with Gasteiger partial charge in [-0.05, 0) is 0 Å². The minimum atomic E-state index is -0.887. The third-order valence-electron chi connectivity index (χ3n) is 1.46. The van der Waals surface area contributed by atoms with Crippen LogP contribution in [-0.2, 0) is 0 Å². The monoisotopic (exact) mass is 114 g/mol. The highest BCUT2D eigenvalue weighted by molar-refractivity contribution is 6.81. The van der Waals surface area contributed by atoms with Crippen LogP contribution in [0.5, 0.6) is 0 Å². The van der Waals surface area contributed by atoms with Crippen molar-refractivity contribution in [3.63, 3.8) is 0 Å². The molecule has 0 atom stereocenters. The average Bonchev–Trinajstić information content (AvgIpc) is 1.68. The molecule has 0 rings (SSSR count). The maximum Gasteiger partial charge on any atom is 0.0707 e. The standard InChI is InChI=1S/C6H14Si/c1-5-7(3,4)6-2/h5H,1,6H2,2-4H3. The molecule has 7 heavy (non-hydrogen) atoms. The zero-order valence-electron chi connectivity index (χ0n) is 5.49. The molecule has 1 heteroatoms. The summed E-state index contributed by atoms with van der Waals surface area (Å²) < 4.78 is 0. The Kier molecular flexibility index (Phi) is 2.30. The van der Waals surface area contributed by atoms with Crippen LogP contribution in [0.2, 0.25) is 19.1 Å². The predicted molar refractivity (Wildman–Crippen MR) is 38.2 cm³/mol. The van der Waals surface area contributed by atoms with Crippen LogP contribution in [0.3, 0.4) is 0 Å². The van der Waals surface area contributed by atoms with E-state index < -0.39 is 8.07 Å². The second-order valence-corrected chi connectivity index (χ2v) is 7.64. The van der Waals surface area contributed by atoms with E-state index in [0.29, 0.717) is 0 Å². The van der Waals surface area contributed by atoms with Crippen molar-refractivity contribution < 1.29 is 0 Å². The number of hydrogen-bond donors (Lipinski definition) is 0. The minimum Gasteiger partial charge on any atom is -0.107 e. The van der Waals surface area contributed by atoms with Gasteiger partial charge in [-0.15, -0.1) is 12.3 Å². The van der Waals surface area contributed by atoms with Gasteiger partial charge >= 0.3 is 0 Å². The van der Waals surface area contributed by atoms with Crippen LogP contribution < -0.4 is 0 Å². The molecule has 0 aliphatic carbocycles. The third-order valence-corrected chi connectivity index (χ3v) is 4.39. The first-order valence-corrected chi connectivity index (χ1v) is 6.04. The van der Waals surface area contributed by atoms with Gasteiger partial charge in [0.2, 0.25) is 0 Å². The van der Waals surface area contributed by atoms with Crippen molar-refractivity contribution in [2.45, 2.75) is 26.1 Å². The molecular formula is C6H14Si. The van der Waals surface area contributed by atoms with E-state index in [1.165, 1.54) is 6.04 Å². The Morgan fingerprint density at radius 2 is 2.00 bits per heavy atom. The lowest BCUT2D eigenvalue weighted by Gasteiger charge is -2.11. The predicted octanol–water partition coefficient (Wildman–Crippen LogP) is 2.44. The van der Waals surface area contributed by atoms with Crippen LogP contribution in [0.25, 0.3) is 0 Å². The molecule has 0 aliphatic heterocycles. The molecular weight excluding hydrogens is 100 g/mol. The molecule has 0 saturated heterocycles. The van der Waals surface area contributed by atoms with Crippen LogP contribution in [0.15, 0.2) is 12.3 Å². The molecule has 0 radical (unpaired) electrons. The first kappa shape index (κ1) is 6.96. The van der Waals surface area contributed by atoms with Gasteiger partial charge in [-0.1, -0.05) is 26.1 Å². The SMILES string of the molecule is C=C[Si](C)(C)CC. The van der Waals surface area contributed by atoms with Gasteiger partial charge in [-0.3, -0.25) is 0 Å². The first-order valence-electron chi connectivity index (χ1n) is 2.76. The van der Waals surface area contributed by atoms with Crippen molar-refractivity contribution in [3.05, 3.63) is 12.3 Å². The van der Waals surface area contributed by atoms with E-state index in [4.69, 9.17) is 0 Å². The van der Waals surface area contributed by atoms with Crippen molar-refractivity contribution in [2.24, 2.45) is 0 Å². The van der Waals surface area contributed by atoms with E-state index in [1.807, 2.05) is 0 Å². The lowest BCUT2D eigenvalue weighted by atomic mass is 11.0. The molecule has 0 N–H and O–H groups in total. The van der Waals surface area contributed by atoms with Crippen LogP contribution in [0.1, 0.15) is 6.92 Å². The molecule has 0 unspecified atom stereocenters. The number of rotatable bonds is 2. The molecule has 0 spiro atoms. The summed E-state index contributed by atoms with van der Waals surface area (Å²) in [5.74, 6) is 0. The summed E-state index contributed by atoms with van der Waals surface area (Å²) in [7, 11) is -0.887. The molecule has 0 heterocycles. The van der Waals surface area contributed by atoms with Gasteiger partial charge in [0.05, 0.1) is 8.07 Å². The lowest BCUT2D eigenvalue weighted by Crippen LogP contribution is -2.19. The summed E-state index contributed by atoms with van der Waals surface area (Å²) in [6.07, 6.45) is 0. The maximum absolute atomic E-state index is 3.76. The molecule has 42 valence electrons. The minimum absolute atomic E-state index is 0.887. The second-order valence-electron chi connectivity index (χ2n) is 2.55. The molecule has 0 aromatic carbocycles. The van der Waals surface area contributed by atoms with Crippen molar-refractivity contribution in [3.8, 4) is 0 Å². The van der Waals surface area contributed by atoms with E-state index in [9.17, 15) is 0 Å². The largest absolute Gasteiger partial charge is 0.107 e. The maximum atomic E-state index is 3.76. The number of hydrogen-bond acceptors (Lipinski definition) is 0. The summed E-state index contributed by atoms with van der Waals surface area (Å²) in [5, 5.41) is 0. The summed E-state index contributed by atoms with van der Waals surface area (Å²) in [6, 6.07) is 1.32. The average molecular weight is 114 g/mol. The molecule has 0 saturated carbocycles. The molecule has 0 aliphatic rings. The molecule has 0 aromatic rings. The summed E-state index contributed by atoms with van der Waals surface area (Å²) in [6.45, 7) is 10.6. The van der Waals surface area contributed by atoms with Gasteiger partial charge in [-0.2, -0.15) is 0 Å². The van der Waals surface area contributed by atoms with E-state index in [0.717, 1.165) is 0 Å². The Balaban J connectivity index is 3.58. The van der Waals surface area contributed by atoms with Crippen molar-refractivity contribution >= 4 is 8.07 Å². The molecule has 0 bridgehead atoms. The Morgan fingerprint density at radius 3 is 2.00 bits per heavy atom. The van der Waals surface area contributed by atoms with Crippen LogP contribution in [0, 0.1) is 0 Å². The molecule has 0 aromatic heterocycles. The Hall–Kier alpha value is -0.0431. The quantitative estimate of drug-likeness (QED) is 0.484. The van der Waals surface area contributed by atoms with E-state index >= 15 is 0 Å². The van der Waals surface area contributed by atoms with Gasteiger partial charge in [0.1, 0.15) is 0 Å². The highest BCUT2D eigenvalue weighted by Gasteiger charge is 2.10. The molecule has 0 amide bonds. The zero-order chi connectivity index (χ0) is 5.91. The zero-order valence-corrected chi connectivity index (χ0v) is 6.49. The van der Waals surface area contributed by atoms with Crippen LogP contribution in [-0.4, -0.2) is 8.07 Å². The molecule has 0 fully saturated rings. The van der Waals surface area contributed by atoms with Gasteiger partial charge in [0.15, 0.2) is 0 Å². The van der Waals surface area contributed by atoms with Crippen LogP contribution in [0.4, 0.5) is 0 Å². The van der Waals surface area contributed by atoms with Crippen molar-refractivity contribution in [2.75, 3.05) is 0 Å². The van der Waals surface area contributed by atoms with Gasteiger partial charge in [0, 0.05) is 0 Å². The molecule has 0 nitrogen and oxygen atoms in total.